The molecule has 2 aromatic carbocycles. The van der Waals surface area contributed by atoms with Crippen LogP contribution in [0.1, 0.15) is 48.5 Å². The lowest BCUT2D eigenvalue weighted by Crippen LogP contribution is -2.67. The van der Waals surface area contributed by atoms with E-state index in [1.807, 2.05) is 36.4 Å². The molecule has 0 aromatic heterocycles. The van der Waals surface area contributed by atoms with E-state index in [0.717, 1.165) is 10.4 Å². The topological polar surface area (TPSA) is 73.9 Å². The van der Waals surface area contributed by atoms with Crippen LogP contribution in [0.5, 0.6) is 0 Å². The molecule has 1 N–H and O–H groups in total. The molecule has 6 nitrogen and oxygen atoms in total. The molecule has 0 bridgehead atoms. The maximum atomic E-state index is 12.7. The van der Waals surface area contributed by atoms with Crippen LogP contribution in [0.3, 0.4) is 0 Å². The standard InChI is InChI=1S/C26H37NO5Si/c1-8-30-23(28)22(27-24(29)32-25(2,3)4)19-31-33(26(5,6)7,20-15-11-9-12-16-20)21-17-13-10-14-18-21/h9-18,22H,8,19H2,1-7H3,(H,27,29)/t22-/m0/s1. The molecule has 0 spiro atoms. The van der Waals surface area contributed by atoms with Gasteiger partial charge in [-0.15, -0.1) is 0 Å². The van der Waals surface area contributed by atoms with Crippen molar-refractivity contribution in [2.75, 3.05) is 13.2 Å². The minimum atomic E-state index is -2.88. The highest BCUT2D eigenvalue weighted by Gasteiger charge is 2.50. The summed E-state index contributed by atoms with van der Waals surface area (Å²) in [5.41, 5.74) is -0.692. The summed E-state index contributed by atoms with van der Waals surface area (Å²) < 4.78 is 17.4. The molecule has 180 valence electrons. The van der Waals surface area contributed by atoms with Crippen molar-refractivity contribution in [2.45, 2.75) is 65.1 Å². The Labute approximate surface area is 198 Å². The van der Waals surface area contributed by atoms with Crippen molar-refractivity contribution in [3.8, 4) is 0 Å². The first kappa shape index (κ1) is 26.6. The van der Waals surface area contributed by atoms with Crippen LogP contribution in [0.4, 0.5) is 4.79 Å². The van der Waals surface area contributed by atoms with E-state index >= 15 is 0 Å². The third kappa shape index (κ3) is 6.92. The summed E-state index contributed by atoms with van der Waals surface area (Å²) >= 11 is 0. The van der Waals surface area contributed by atoms with E-state index in [2.05, 4.69) is 50.4 Å². The summed E-state index contributed by atoms with van der Waals surface area (Å²) in [6, 6.07) is 19.2. The van der Waals surface area contributed by atoms with Gasteiger partial charge in [0.2, 0.25) is 0 Å². The van der Waals surface area contributed by atoms with Crippen molar-refractivity contribution < 1.29 is 23.5 Å². The highest BCUT2D eigenvalue weighted by molar-refractivity contribution is 6.99. The second-order valence-electron chi connectivity index (χ2n) is 9.93. The van der Waals surface area contributed by atoms with Gasteiger partial charge >= 0.3 is 12.1 Å². The van der Waals surface area contributed by atoms with Crippen LogP contribution < -0.4 is 15.7 Å². The highest BCUT2D eigenvalue weighted by atomic mass is 28.4. The smallest absolute Gasteiger partial charge is 0.408 e. The molecular weight excluding hydrogens is 434 g/mol. The van der Waals surface area contributed by atoms with Crippen LogP contribution in [0.15, 0.2) is 60.7 Å². The SMILES string of the molecule is CCOC(=O)[C@H](CO[Si](c1ccccc1)(c1ccccc1)C(C)(C)C)NC(=O)OC(C)(C)C. The fourth-order valence-electron chi connectivity index (χ4n) is 3.83. The van der Waals surface area contributed by atoms with Gasteiger partial charge in [0.05, 0.1) is 13.2 Å². The van der Waals surface area contributed by atoms with Gasteiger partial charge in [-0.05, 0) is 43.1 Å². The summed E-state index contributed by atoms with van der Waals surface area (Å²) in [6.07, 6.45) is -0.688. The largest absolute Gasteiger partial charge is 0.464 e. The number of hydrogen-bond donors (Lipinski definition) is 1. The van der Waals surface area contributed by atoms with Crippen molar-refractivity contribution in [3.63, 3.8) is 0 Å². The van der Waals surface area contributed by atoms with Gasteiger partial charge in [-0.1, -0.05) is 81.4 Å². The van der Waals surface area contributed by atoms with E-state index in [4.69, 9.17) is 13.9 Å². The molecular formula is C26H37NO5Si. The number of nitrogens with one attached hydrogen (secondary N) is 1. The summed E-state index contributed by atoms with van der Waals surface area (Å²) in [7, 11) is -2.88. The lowest BCUT2D eigenvalue weighted by molar-refractivity contribution is -0.146. The van der Waals surface area contributed by atoms with Crippen molar-refractivity contribution in [1.29, 1.82) is 0 Å². The fourth-order valence-corrected chi connectivity index (χ4v) is 8.40. The van der Waals surface area contributed by atoms with Gasteiger partial charge in [-0.2, -0.15) is 0 Å². The molecule has 1 atom stereocenters. The number of rotatable bonds is 8. The number of benzene rings is 2. The monoisotopic (exact) mass is 471 g/mol. The summed E-state index contributed by atoms with van der Waals surface area (Å²) in [6.45, 7) is 13.7. The third-order valence-corrected chi connectivity index (χ3v) is 10.2. The van der Waals surface area contributed by atoms with Crippen molar-refractivity contribution >= 4 is 30.8 Å². The first-order valence-corrected chi connectivity index (χ1v) is 13.2. The van der Waals surface area contributed by atoms with E-state index in [1.54, 1.807) is 27.7 Å². The summed E-state index contributed by atoms with van der Waals surface area (Å²) in [5, 5.41) is 4.56. The van der Waals surface area contributed by atoms with E-state index in [9.17, 15) is 9.59 Å². The Morgan fingerprint density at radius 1 is 0.879 bits per heavy atom. The van der Waals surface area contributed by atoms with E-state index in [1.165, 1.54) is 0 Å². The summed E-state index contributed by atoms with van der Waals surface area (Å²) in [5.74, 6) is -0.554. The number of ether oxygens (including phenoxy) is 2. The van der Waals surface area contributed by atoms with E-state index < -0.39 is 32.0 Å². The zero-order valence-corrected chi connectivity index (χ0v) is 21.8. The number of alkyl carbamates (subject to hydrolysis) is 1. The zero-order valence-electron chi connectivity index (χ0n) is 20.8. The van der Waals surface area contributed by atoms with Crippen molar-refractivity contribution in [3.05, 3.63) is 60.7 Å². The number of amides is 1. The molecule has 1 amide bonds. The molecule has 0 aliphatic carbocycles. The molecule has 0 fully saturated rings. The number of hydrogen-bond acceptors (Lipinski definition) is 5. The predicted molar refractivity (Wildman–Crippen MR) is 133 cm³/mol. The molecule has 2 rings (SSSR count). The van der Waals surface area contributed by atoms with Gasteiger partial charge in [-0.25, -0.2) is 9.59 Å². The quantitative estimate of drug-likeness (QED) is 0.465. The third-order valence-electron chi connectivity index (χ3n) is 5.15. The average molecular weight is 472 g/mol. The molecule has 7 heteroatoms. The number of carbonyl (C=O) groups excluding carboxylic acids is 2. The zero-order chi connectivity index (χ0) is 24.7. The Balaban J connectivity index is 2.47. The highest BCUT2D eigenvalue weighted by Crippen LogP contribution is 2.36. The minimum Gasteiger partial charge on any atom is -0.464 e. The molecule has 0 unspecified atom stereocenters. The van der Waals surface area contributed by atoms with Crippen molar-refractivity contribution in [1.82, 2.24) is 5.32 Å². The van der Waals surface area contributed by atoms with Crippen LogP contribution in [0.2, 0.25) is 5.04 Å². The van der Waals surface area contributed by atoms with Gasteiger partial charge in [-0.3, -0.25) is 0 Å². The summed E-state index contributed by atoms with van der Waals surface area (Å²) in [4.78, 5) is 25.2. The average Bonchev–Trinajstić information content (AvgIpc) is 2.72. The van der Waals surface area contributed by atoms with Gasteiger partial charge in [0.25, 0.3) is 8.32 Å². The van der Waals surface area contributed by atoms with Crippen molar-refractivity contribution in [2.24, 2.45) is 0 Å². The Morgan fingerprint density at radius 3 is 1.76 bits per heavy atom. The Bertz CT molecular complexity index is 864. The lowest BCUT2D eigenvalue weighted by Gasteiger charge is -2.43. The lowest BCUT2D eigenvalue weighted by atomic mass is 10.2. The van der Waals surface area contributed by atoms with Gasteiger partial charge in [0.1, 0.15) is 5.60 Å². The number of carbonyl (C=O) groups is 2. The van der Waals surface area contributed by atoms with Crippen LogP contribution >= 0.6 is 0 Å². The van der Waals surface area contributed by atoms with E-state index in [0.29, 0.717) is 0 Å². The molecule has 0 saturated carbocycles. The van der Waals surface area contributed by atoms with Crippen LogP contribution in [0, 0.1) is 0 Å². The second-order valence-corrected chi connectivity index (χ2v) is 14.2. The molecule has 0 radical (unpaired) electrons. The Hall–Kier alpha value is -2.64. The van der Waals surface area contributed by atoms with Gasteiger partial charge in [0.15, 0.2) is 6.04 Å². The first-order valence-electron chi connectivity index (χ1n) is 11.3. The minimum absolute atomic E-state index is 0.0364. The maximum Gasteiger partial charge on any atom is 0.408 e. The molecule has 0 aliphatic rings. The Morgan fingerprint density at radius 2 is 1.36 bits per heavy atom. The first-order chi connectivity index (χ1) is 15.4. The van der Waals surface area contributed by atoms with Crippen LogP contribution in [-0.4, -0.2) is 45.2 Å². The second kappa shape index (κ2) is 11.0. The van der Waals surface area contributed by atoms with Gasteiger partial charge in [0, 0.05) is 0 Å². The van der Waals surface area contributed by atoms with Crippen LogP contribution in [-0.2, 0) is 18.7 Å². The predicted octanol–water partition coefficient (Wildman–Crippen LogP) is 4.02. The molecule has 0 heterocycles. The number of esters is 1. The van der Waals surface area contributed by atoms with Gasteiger partial charge < -0.3 is 19.2 Å². The normalized spacial score (nSPS) is 13.2. The molecule has 0 aliphatic heterocycles. The van der Waals surface area contributed by atoms with Crippen LogP contribution in [0.25, 0.3) is 0 Å². The van der Waals surface area contributed by atoms with E-state index in [-0.39, 0.29) is 18.3 Å². The maximum absolute atomic E-state index is 12.7. The molecule has 2 aromatic rings. The fraction of sp³-hybridized carbons (Fsp3) is 0.462. The Kier molecular flexibility index (Phi) is 8.86. The molecule has 0 saturated heterocycles. The molecule has 33 heavy (non-hydrogen) atoms.